The smallest absolute Gasteiger partial charge is 0.256 e. The summed E-state index contributed by atoms with van der Waals surface area (Å²) in [6.45, 7) is 0. The molecule has 1 aliphatic heterocycles. The molecule has 3 aromatic rings. The summed E-state index contributed by atoms with van der Waals surface area (Å²) in [5.74, 6) is -2.70. The number of nitrogens with zero attached hydrogens (tertiary/aromatic N) is 1. The zero-order valence-electron chi connectivity index (χ0n) is 13.2. The molecular weight excluding hydrogens is 340 g/mol. The van der Waals surface area contributed by atoms with Crippen molar-refractivity contribution in [1.82, 2.24) is 4.98 Å². The second kappa shape index (κ2) is 5.70. The van der Waals surface area contributed by atoms with Crippen LogP contribution in [0, 0.1) is 23.0 Å². The van der Waals surface area contributed by atoms with E-state index in [4.69, 9.17) is 10.5 Å². The van der Waals surface area contributed by atoms with Crippen LogP contribution in [-0.2, 0) is 0 Å². The van der Waals surface area contributed by atoms with E-state index in [0.717, 1.165) is 12.1 Å². The van der Waals surface area contributed by atoms with E-state index in [1.165, 1.54) is 0 Å². The lowest BCUT2D eigenvalue weighted by Crippen LogP contribution is -2.28. The number of ether oxygens (including phenoxy) is 1. The maximum absolute atomic E-state index is 13.8. The van der Waals surface area contributed by atoms with Gasteiger partial charge < -0.3 is 15.5 Å². The van der Waals surface area contributed by atoms with Crippen molar-refractivity contribution in [2.75, 3.05) is 0 Å². The van der Waals surface area contributed by atoms with E-state index >= 15 is 0 Å². The average molecular weight is 351 g/mol. The Hall–Kier alpha value is -3.66. The number of benzene rings is 2. The summed E-state index contributed by atoms with van der Waals surface area (Å²) in [5.41, 5.74) is 5.99. The minimum atomic E-state index is -1.04. The maximum Gasteiger partial charge on any atom is 0.256 e. The highest BCUT2D eigenvalue weighted by Gasteiger charge is 2.34. The van der Waals surface area contributed by atoms with Crippen LogP contribution in [0.2, 0.25) is 0 Å². The van der Waals surface area contributed by atoms with Gasteiger partial charge in [-0.05, 0) is 29.8 Å². The van der Waals surface area contributed by atoms with Crippen LogP contribution in [0.3, 0.4) is 0 Å². The molecule has 0 saturated heterocycles. The van der Waals surface area contributed by atoms with Crippen LogP contribution in [0.4, 0.5) is 8.78 Å². The molecule has 0 aliphatic carbocycles. The van der Waals surface area contributed by atoms with Gasteiger partial charge in [0.25, 0.3) is 5.56 Å². The SMILES string of the molecule is N#CC1=C(N)Oc2c(c(=O)[nH]c3ccccc23)[C@H]1c1cc(F)cc(F)c1. The normalized spacial score (nSPS) is 16.1. The van der Waals surface area contributed by atoms with Gasteiger partial charge in [0.2, 0.25) is 5.88 Å². The van der Waals surface area contributed by atoms with Crippen molar-refractivity contribution in [3.63, 3.8) is 0 Å². The van der Waals surface area contributed by atoms with E-state index in [1.54, 1.807) is 24.3 Å². The number of nitrogens with one attached hydrogen (secondary N) is 1. The number of H-pyrrole nitrogens is 1. The molecule has 0 spiro atoms. The number of nitrogens with two attached hydrogens (primary N) is 1. The molecule has 0 fully saturated rings. The first-order chi connectivity index (χ1) is 12.5. The lowest BCUT2D eigenvalue weighted by atomic mass is 9.83. The Morgan fingerprint density at radius 1 is 1.15 bits per heavy atom. The molecule has 0 bridgehead atoms. The molecular formula is C19H11F2N3O2. The largest absolute Gasteiger partial charge is 0.439 e. The fourth-order valence-corrected chi connectivity index (χ4v) is 3.25. The monoisotopic (exact) mass is 351 g/mol. The maximum atomic E-state index is 13.8. The van der Waals surface area contributed by atoms with Gasteiger partial charge in [0.1, 0.15) is 29.0 Å². The summed E-state index contributed by atoms with van der Waals surface area (Å²) in [7, 11) is 0. The third kappa shape index (κ3) is 2.31. The molecule has 1 aromatic heterocycles. The van der Waals surface area contributed by atoms with Crippen molar-refractivity contribution in [3.8, 4) is 11.8 Å². The summed E-state index contributed by atoms with van der Waals surface area (Å²) in [5, 5.41) is 10.1. The van der Waals surface area contributed by atoms with Gasteiger partial charge in [-0.3, -0.25) is 4.79 Å². The van der Waals surface area contributed by atoms with Gasteiger partial charge in [0, 0.05) is 11.5 Å². The molecule has 2 aromatic carbocycles. The number of nitriles is 1. The molecule has 2 heterocycles. The first-order valence-corrected chi connectivity index (χ1v) is 7.68. The second-order valence-corrected chi connectivity index (χ2v) is 5.87. The minimum Gasteiger partial charge on any atom is -0.439 e. The summed E-state index contributed by atoms with van der Waals surface area (Å²) in [4.78, 5) is 15.4. The third-order valence-corrected chi connectivity index (χ3v) is 4.30. The topological polar surface area (TPSA) is 91.9 Å². The van der Waals surface area contributed by atoms with E-state index < -0.39 is 23.1 Å². The van der Waals surface area contributed by atoms with Gasteiger partial charge in [-0.15, -0.1) is 0 Å². The number of rotatable bonds is 1. The van der Waals surface area contributed by atoms with Gasteiger partial charge in [-0.2, -0.15) is 5.26 Å². The van der Waals surface area contributed by atoms with Crippen molar-refractivity contribution in [1.29, 1.82) is 5.26 Å². The van der Waals surface area contributed by atoms with Crippen molar-refractivity contribution < 1.29 is 13.5 Å². The number of aromatic amines is 1. The molecule has 26 heavy (non-hydrogen) atoms. The average Bonchev–Trinajstić information content (AvgIpc) is 2.60. The molecule has 0 saturated carbocycles. The van der Waals surface area contributed by atoms with Gasteiger partial charge in [0.15, 0.2) is 0 Å². The van der Waals surface area contributed by atoms with Crippen LogP contribution in [0.1, 0.15) is 17.0 Å². The number of hydrogen-bond acceptors (Lipinski definition) is 4. The predicted molar refractivity (Wildman–Crippen MR) is 90.2 cm³/mol. The van der Waals surface area contributed by atoms with E-state index in [1.807, 2.05) is 6.07 Å². The summed E-state index contributed by atoms with van der Waals surface area (Å²) in [6, 6.07) is 11.7. The van der Waals surface area contributed by atoms with Crippen LogP contribution >= 0.6 is 0 Å². The summed E-state index contributed by atoms with van der Waals surface area (Å²) in [6.07, 6.45) is 0. The van der Waals surface area contributed by atoms with Gasteiger partial charge in [-0.1, -0.05) is 12.1 Å². The second-order valence-electron chi connectivity index (χ2n) is 5.87. The van der Waals surface area contributed by atoms with Crippen LogP contribution in [0.15, 0.2) is 58.7 Å². The fourth-order valence-electron chi connectivity index (χ4n) is 3.25. The Labute approximate surface area is 145 Å². The standard InChI is InChI=1S/C19H11F2N3O2/c20-10-5-9(6-11(21)7-10)15-13(8-22)18(23)26-17-12-3-1-2-4-14(12)24-19(25)16(15)17/h1-7,15H,23H2,(H,24,25)/t15-/m0/s1. The quantitative estimate of drug-likeness (QED) is 0.705. The van der Waals surface area contributed by atoms with E-state index in [0.29, 0.717) is 17.0 Å². The fraction of sp³-hybridized carbons (Fsp3) is 0.0526. The Balaban J connectivity index is 2.10. The van der Waals surface area contributed by atoms with Crippen LogP contribution in [-0.4, -0.2) is 4.98 Å². The highest BCUT2D eigenvalue weighted by atomic mass is 19.1. The number of fused-ring (bicyclic) bond motifs is 3. The number of hydrogen-bond donors (Lipinski definition) is 2. The van der Waals surface area contributed by atoms with Crippen molar-refractivity contribution in [2.45, 2.75) is 5.92 Å². The Morgan fingerprint density at radius 3 is 2.54 bits per heavy atom. The summed E-state index contributed by atoms with van der Waals surface area (Å²) >= 11 is 0. The van der Waals surface area contributed by atoms with Crippen molar-refractivity contribution in [2.24, 2.45) is 5.73 Å². The lowest BCUT2D eigenvalue weighted by molar-refractivity contribution is 0.396. The lowest BCUT2D eigenvalue weighted by Gasteiger charge is -2.26. The number of aromatic nitrogens is 1. The number of allylic oxidation sites excluding steroid dienone is 1. The Morgan fingerprint density at radius 2 is 1.85 bits per heavy atom. The van der Waals surface area contributed by atoms with Gasteiger partial charge >= 0.3 is 0 Å². The number of para-hydroxylation sites is 1. The number of halogens is 2. The zero-order valence-corrected chi connectivity index (χ0v) is 13.2. The Bertz CT molecular complexity index is 1170. The van der Waals surface area contributed by atoms with Gasteiger partial charge in [0.05, 0.1) is 17.0 Å². The molecule has 0 unspecified atom stereocenters. The molecule has 1 atom stereocenters. The molecule has 3 N–H and O–H groups in total. The van der Waals surface area contributed by atoms with Crippen molar-refractivity contribution in [3.05, 3.63) is 87.0 Å². The third-order valence-electron chi connectivity index (χ3n) is 4.30. The molecule has 0 radical (unpaired) electrons. The molecule has 1 aliphatic rings. The first kappa shape index (κ1) is 15.8. The van der Waals surface area contributed by atoms with E-state index in [9.17, 15) is 18.8 Å². The highest BCUT2D eigenvalue weighted by Crippen LogP contribution is 2.43. The number of pyridine rings is 1. The van der Waals surface area contributed by atoms with Crippen LogP contribution < -0.4 is 16.0 Å². The van der Waals surface area contributed by atoms with E-state index in [2.05, 4.69) is 4.98 Å². The molecule has 7 heteroatoms. The first-order valence-electron chi connectivity index (χ1n) is 7.68. The zero-order chi connectivity index (χ0) is 18.4. The van der Waals surface area contributed by atoms with Crippen LogP contribution in [0.5, 0.6) is 5.75 Å². The van der Waals surface area contributed by atoms with Gasteiger partial charge in [-0.25, -0.2) is 8.78 Å². The molecule has 128 valence electrons. The van der Waals surface area contributed by atoms with Crippen LogP contribution in [0.25, 0.3) is 10.9 Å². The highest BCUT2D eigenvalue weighted by molar-refractivity contribution is 5.87. The summed E-state index contributed by atoms with van der Waals surface area (Å²) < 4.78 is 33.1. The molecule has 4 rings (SSSR count). The Kier molecular flexibility index (Phi) is 3.48. The molecule has 5 nitrogen and oxygen atoms in total. The minimum absolute atomic E-state index is 0.0803. The van der Waals surface area contributed by atoms with E-state index in [-0.39, 0.29) is 28.3 Å². The predicted octanol–water partition coefficient (Wildman–Crippen LogP) is 3.02. The van der Waals surface area contributed by atoms with Crippen molar-refractivity contribution >= 4 is 10.9 Å². The molecule has 0 amide bonds.